The maximum atomic E-state index is 13.1. The third-order valence-corrected chi connectivity index (χ3v) is 5.06. The molecule has 0 atom stereocenters. The molecule has 11 heteroatoms. The smallest absolute Gasteiger partial charge is 0.416 e. The quantitative estimate of drug-likeness (QED) is 0.398. The number of carbonyl (C=O) groups excluding carboxylic acids is 2. The van der Waals surface area contributed by atoms with Gasteiger partial charge in [0, 0.05) is 20.1 Å². The second-order valence-electron chi connectivity index (χ2n) is 7.78. The summed E-state index contributed by atoms with van der Waals surface area (Å²) in [6.45, 7) is -1.11. The van der Waals surface area contributed by atoms with E-state index in [0.717, 1.165) is 34.1 Å². The molecule has 5 nitrogen and oxygen atoms in total. The number of benzene rings is 2. The van der Waals surface area contributed by atoms with Crippen molar-refractivity contribution in [2.45, 2.75) is 25.4 Å². The maximum absolute atomic E-state index is 13.1. The summed E-state index contributed by atoms with van der Waals surface area (Å²) in [4.78, 5) is 27.6. The fourth-order valence-electron chi connectivity index (χ4n) is 3.33. The minimum absolute atomic E-state index is 0.0254. The minimum atomic E-state index is -4.61. The molecule has 1 heterocycles. The third-order valence-electron chi connectivity index (χ3n) is 5.06. The van der Waals surface area contributed by atoms with Crippen LogP contribution in [0.3, 0.4) is 0 Å². The Kier molecular flexibility index (Phi) is 7.57. The Bertz CT molecular complexity index is 1110. The van der Waals surface area contributed by atoms with Crippen molar-refractivity contribution < 1.29 is 40.3 Å². The summed E-state index contributed by atoms with van der Waals surface area (Å²) in [7, 11) is 1.33. The molecule has 0 aliphatic carbocycles. The average Bonchev–Trinajstić information content (AvgIpc) is 3.32. The van der Waals surface area contributed by atoms with Crippen LogP contribution in [0, 0.1) is 0 Å². The van der Waals surface area contributed by atoms with E-state index in [-0.39, 0.29) is 30.0 Å². The molecule has 0 spiro atoms. The average molecular weight is 498 g/mol. The minimum Gasteiger partial charge on any atom is -0.459 e. The molecular formula is C24H20F6N2O3. The van der Waals surface area contributed by atoms with Gasteiger partial charge in [-0.05, 0) is 47.5 Å². The van der Waals surface area contributed by atoms with Crippen molar-refractivity contribution in [2.24, 2.45) is 0 Å². The van der Waals surface area contributed by atoms with Crippen LogP contribution in [-0.4, -0.2) is 35.2 Å². The normalized spacial score (nSPS) is 11.9. The Morgan fingerprint density at radius 2 is 1.31 bits per heavy atom. The van der Waals surface area contributed by atoms with E-state index >= 15 is 0 Å². The largest absolute Gasteiger partial charge is 0.459 e. The van der Waals surface area contributed by atoms with E-state index in [1.165, 1.54) is 49.7 Å². The standard InChI is InChI=1S/C24H20F6N2O3/c1-31(22(34)20-9-4-10-35-20)15-21(33)32(13-16-5-2-7-18(11-16)23(25,26)27)14-17-6-3-8-19(12-17)24(28,29)30/h2-12H,13-15H2,1H3. The molecule has 0 unspecified atom stereocenters. The summed E-state index contributed by atoms with van der Waals surface area (Å²) in [5, 5.41) is 0. The van der Waals surface area contributed by atoms with Crippen molar-refractivity contribution in [1.29, 1.82) is 0 Å². The third kappa shape index (κ3) is 6.87. The predicted molar refractivity (Wildman–Crippen MR) is 113 cm³/mol. The summed E-state index contributed by atoms with van der Waals surface area (Å²) >= 11 is 0. The summed E-state index contributed by atoms with van der Waals surface area (Å²) in [5.41, 5.74) is -1.60. The van der Waals surface area contributed by atoms with Crippen molar-refractivity contribution in [3.63, 3.8) is 0 Å². The summed E-state index contributed by atoms with van der Waals surface area (Å²) in [6, 6.07) is 11.5. The number of nitrogens with zero attached hydrogens (tertiary/aromatic N) is 2. The first-order valence-electron chi connectivity index (χ1n) is 10.2. The molecule has 0 aliphatic rings. The summed E-state index contributed by atoms with van der Waals surface area (Å²) in [6.07, 6.45) is -7.94. The zero-order valence-electron chi connectivity index (χ0n) is 18.4. The Balaban J connectivity index is 1.86. The van der Waals surface area contributed by atoms with Crippen LogP contribution in [0.1, 0.15) is 32.8 Å². The number of hydrogen-bond donors (Lipinski definition) is 0. The molecule has 2 aromatic carbocycles. The van der Waals surface area contributed by atoms with E-state index in [9.17, 15) is 35.9 Å². The van der Waals surface area contributed by atoms with E-state index in [2.05, 4.69) is 0 Å². The summed E-state index contributed by atoms with van der Waals surface area (Å²) in [5.74, 6) is -1.31. The number of amides is 2. The number of alkyl halides is 6. The highest BCUT2D eigenvalue weighted by molar-refractivity contribution is 5.94. The van der Waals surface area contributed by atoms with Crippen molar-refractivity contribution in [1.82, 2.24) is 9.80 Å². The van der Waals surface area contributed by atoms with Gasteiger partial charge in [-0.1, -0.05) is 24.3 Å². The SMILES string of the molecule is CN(CC(=O)N(Cc1cccc(C(F)(F)F)c1)Cc1cccc(C(F)(F)F)c1)C(=O)c1ccco1. The maximum Gasteiger partial charge on any atom is 0.416 e. The van der Waals surface area contributed by atoms with E-state index in [1.807, 2.05) is 0 Å². The van der Waals surface area contributed by atoms with E-state index < -0.39 is 41.8 Å². The number of likely N-dealkylation sites (N-methyl/N-ethyl adjacent to an activating group) is 1. The van der Waals surface area contributed by atoms with Gasteiger partial charge in [0.05, 0.1) is 23.9 Å². The molecular weight excluding hydrogens is 478 g/mol. The van der Waals surface area contributed by atoms with Gasteiger partial charge in [0.25, 0.3) is 5.91 Å². The van der Waals surface area contributed by atoms with Crippen LogP contribution < -0.4 is 0 Å². The highest BCUT2D eigenvalue weighted by atomic mass is 19.4. The molecule has 1 aromatic heterocycles. The number of furan rings is 1. The van der Waals surface area contributed by atoms with Gasteiger partial charge in [-0.2, -0.15) is 26.3 Å². The molecule has 2 amide bonds. The van der Waals surface area contributed by atoms with Crippen LogP contribution in [0.2, 0.25) is 0 Å². The molecule has 186 valence electrons. The molecule has 0 bridgehead atoms. The van der Waals surface area contributed by atoms with Gasteiger partial charge >= 0.3 is 12.4 Å². The fourth-order valence-corrected chi connectivity index (χ4v) is 3.33. The molecule has 35 heavy (non-hydrogen) atoms. The molecule has 0 aliphatic heterocycles. The molecule has 0 saturated carbocycles. The first-order chi connectivity index (χ1) is 16.3. The van der Waals surface area contributed by atoms with E-state index in [1.54, 1.807) is 0 Å². The second-order valence-corrected chi connectivity index (χ2v) is 7.78. The monoisotopic (exact) mass is 498 g/mol. The molecule has 3 aromatic rings. The van der Waals surface area contributed by atoms with Crippen LogP contribution in [0.15, 0.2) is 71.3 Å². The van der Waals surface area contributed by atoms with Gasteiger partial charge in [0.15, 0.2) is 5.76 Å². The molecule has 3 rings (SSSR count). The van der Waals surface area contributed by atoms with Crippen molar-refractivity contribution >= 4 is 11.8 Å². The lowest BCUT2D eigenvalue weighted by atomic mass is 10.1. The molecule has 0 radical (unpaired) electrons. The van der Waals surface area contributed by atoms with Crippen molar-refractivity contribution in [2.75, 3.05) is 13.6 Å². The highest BCUT2D eigenvalue weighted by Gasteiger charge is 2.32. The first kappa shape index (κ1) is 25.9. The van der Waals surface area contributed by atoms with Crippen molar-refractivity contribution in [3.05, 3.63) is 94.9 Å². The lowest BCUT2D eigenvalue weighted by Crippen LogP contribution is -2.40. The van der Waals surface area contributed by atoms with Crippen LogP contribution in [0.4, 0.5) is 26.3 Å². The van der Waals surface area contributed by atoms with Crippen molar-refractivity contribution in [3.8, 4) is 0 Å². The summed E-state index contributed by atoms with van der Waals surface area (Å²) < 4.78 is 83.7. The predicted octanol–water partition coefficient (Wildman–Crippen LogP) is 5.62. The van der Waals surface area contributed by atoms with Gasteiger partial charge < -0.3 is 14.2 Å². The Morgan fingerprint density at radius 1 is 0.800 bits per heavy atom. The lowest BCUT2D eigenvalue weighted by molar-refractivity contribution is -0.138. The van der Waals surface area contributed by atoms with Crippen LogP contribution in [-0.2, 0) is 30.2 Å². The second kappa shape index (κ2) is 10.2. The lowest BCUT2D eigenvalue weighted by Gasteiger charge is -2.26. The van der Waals surface area contributed by atoms with E-state index in [4.69, 9.17) is 4.42 Å². The van der Waals surface area contributed by atoms with Crippen LogP contribution >= 0.6 is 0 Å². The van der Waals surface area contributed by atoms with Gasteiger partial charge in [-0.3, -0.25) is 9.59 Å². The van der Waals surface area contributed by atoms with Crippen LogP contribution in [0.25, 0.3) is 0 Å². The van der Waals surface area contributed by atoms with Gasteiger partial charge in [0.1, 0.15) is 0 Å². The molecule has 0 N–H and O–H groups in total. The first-order valence-corrected chi connectivity index (χ1v) is 10.2. The van der Waals surface area contributed by atoms with E-state index in [0.29, 0.717) is 0 Å². The van der Waals surface area contributed by atoms with Gasteiger partial charge in [-0.15, -0.1) is 0 Å². The number of rotatable bonds is 7. The Labute approximate surface area is 196 Å². The fraction of sp³-hybridized carbons (Fsp3) is 0.250. The number of hydrogen-bond acceptors (Lipinski definition) is 3. The Morgan fingerprint density at radius 3 is 1.74 bits per heavy atom. The molecule has 0 saturated heterocycles. The zero-order chi connectivity index (χ0) is 25.8. The van der Waals surface area contributed by atoms with Gasteiger partial charge in [-0.25, -0.2) is 0 Å². The number of carbonyl (C=O) groups is 2. The number of halogens is 6. The van der Waals surface area contributed by atoms with Gasteiger partial charge in [0.2, 0.25) is 5.91 Å². The Hall–Kier alpha value is -3.76. The molecule has 0 fully saturated rings. The van der Waals surface area contributed by atoms with Crippen LogP contribution in [0.5, 0.6) is 0 Å². The highest BCUT2D eigenvalue weighted by Crippen LogP contribution is 2.31. The topological polar surface area (TPSA) is 53.8 Å². The zero-order valence-corrected chi connectivity index (χ0v) is 18.4.